The number of benzene rings is 3. The maximum Gasteiger partial charge on any atom is 0.260 e. The molecule has 1 atom stereocenters. The van der Waals surface area contributed by atoms with Crippen molar-refractivity contribution < 1.29 is 9.53 Å². The van der Waals surface area contributed by atoms with Crippen molar-refractivity contribution in [2.24, 2.45) is 0 Å². The lowest BCUT2D eigenvalue weighted by atomic mass is 10.0. The van der Waals surface area contributed by atoms with E-state index in [1.807, 2.05) is 41.3 Å². The number of ether oxygens (including phenoxy) is 1. The molecule has 1 N–H and O–H groups in total. The van der Waals surface area contributed by atoms with Crippen LogP contribution in [0.1, 0.15) is 36.0 Å². The van der Waals surface area contributed by atoms with Crippen LogP contribution in [0.2, 0.25) is 0 Å². The van der Waals surface area contributed by atoms with E-state index in [0.29, 0.717) is 18.3 Å². The summed E-state index contributed by atoms with van der Waals surface area (Å²) >= 11 is 0. The van der Waals surface area contributed by atoms with E-state index in [1.165, 1.54) is 24.6 Å². The number of fused-ring (bicyclic) bond motifs is 1. The van der Waals surface area contributed by atoms with Crippen molar-refractivity contribution in [3.05, 3.63) is 77.4 Å². The Hall–Kier alpha value is -3.18. The largest absolute Gasteiger partial charge is 0.483 e. The molecule has 33 heavy (non-hydrogen) atoms. The topological polar surface area (TPSA) is 56.6 Å². The molecule has 0 aromatic heterocycles. The SMILES string of the molecule is Cc1ccc(CN(CCC2CCCN2C)C(=O)COc2ccc(C=N)c3ccccc23)cc1. The molecule has 0 aliphatic carbocycles. The molecule has 0 radical (unpaired) electrons. The van der Waals surface area contributed by atoms with Crippen LogP contribution in [0.25, 0.3) is 10.8 Å². The first-order valence-corrected chi connectivity index (χ1v) is 11.7. The quantitative estimate of drug-likeness (QED) is 0.472. The molecule has 5 nitrogen and oxygen atoms in total. The van der Waals surface area contributed by atoms with Crippen LogP contribution >= 0.6 is 0 Å². The zero-order valence-electron chi connectivity index (χ0n) is 19.6. The van der Waals surface area contributed by atoms with E-state index in [-0.39, 0.29) is 12.5 Å². The number of rotatable bonds is 9. The number of nitrogens with one attached hydrogen (secondary N) is 1. The number of nitrogens with zero attached hydrogens (tertiary/aromatic N) is 2. The molecule has 3 aromatic rings. The Morgan fingerprint density at radius 3 is 2.58 bits per heavy atom. The van der Waals surface area contributed by atoms with Crippen LogP contribution in [-0.4, -0.2) is 54.7 Å². The van der Waals surface area contributed by atoms with E-state index in [2.05, 4.69) is 43.1 Å². The number of carbonyl (C=O) groups is 1. The van der Waals surface area contributed by atoms with Gasteiger partial charge in [0.15, 0.2) is 6.61 Å². The van der Waals surface area contributed by atoms with E-state index < -0.39 is 0 Å². The number of aryl methyl sites for hydroxylation is 1. The number of amides is 1. The van der Waals surface area contributed by atoms with Gasteiger partial charge in [0.1, 0.15) is 5.75 Å². The Labute approximate surface area is 196 Å². The molecular formula is C28H33N3O2. The molecule has 1 fully saturated rings. The fourth-order valence-electron chi connectivity index (χ4n) is 4.63. The maximum absolute atomic E-state index is 13.3. The smallest absolute Gasteiger partial charge is 0.260 e. The predicted octanol–water partition coefficient (Wildman–Crippen LogP) is 5.04. The fourth-order valence-corrected chi connectivity index (χ4v) is 4.63. The summed E-state index contributed by atoms with van der Waals surface area (Å²) in [7, 11) is 2.18. The average molecular weight is 444 g/mol. The van der Waals surface area contributed by atoms with Gasteiger partial charge in [-0.15, -0.1) is 0 Å². The highest BCUT2D eigenvalue weighted by Crippen LogP contribution is 2.28. The van der Waals surface area contributed by atoms with Crippen LogP contribution in [0.15, 0.2) is 60.7 Å². The minimum Gasteiger partial charge on any atom is -0.483 e. The second kappa shape index (κ2) is 10.6. The molecule has 0 bridgehead atoms. The highest BCUT2D eigenvalue weighted by atomic mass is 16.5. The summed E-state index contributed by atoms with van der Waals surface area (Å²) < 4.78 is 6.03. The standard InChI is InChI=1S/C28H33N3O2/c1-21-9-11-22(12-10-21)19-31(17-15-24-6-5-16-30(24)2)28(32)20-33-27-14-13-23(18-29)25-7-3-4-8-26(25)27/h3-4,7-14,18,24,29H,5-6,15-17,19-20H2,1-2H3. The summed E-state index contributed by atoms with van der Waals surface area (Å²) in [6, 6.07) is 20.5. The Morgan fingerprint density at radius 2 is 1.88 bits per heavy atom. The van der Waals surface area contributed by atoms with Gasteiger partial charge in [0, 0.05) is 36.3 Å². The molecule has 5 heteroatoms. The highest BCUT2D eigenvalue weighted by molar-refractivity contribution is 6.01. The second-order valence-electron chi connectivity index (χ2n) is 9.00. The number of likely N-dealkylation sites (tertiary alicyclic amines) is 1. The highest BCUT2D eigenvalue weighted by Gasteiger charge is 2.23. The summed E-state index contributed by atoms with van der Waals surface area (Å²) in [6.45, 7) is 4.52. The summed E-state index contributed by atoms with van der Waals surface area (Å²) in [5.74, 6) is 0.673. The Morgan fingerprint density at radius 1 is 1.12 bits per heavy atom. The van der Waals surface area contributed by atoms with Gasteiger partial charge >= 0.3 is 0 Å². The van der Waals surface area contributed by atoms with Crippen LogP contribution in [0, 0.1) is 12.3 Å². The third-order valence-corrected chi connectivity index (χ3v) is 6.67. The van der Waals surface area contributed by atoms with Crippen molar-refractivity contribution >= 4 is 22.9 Å². The lowest BCUT2D eigenvalue weighted by Crippen LogP contribution is -2.38. The summed E-state index contributed by atoms with van der Waals surface area (Å²) in [4.78, 5) is 17.6. The Bertz CT molecular complexity index is 1110. The van der Waals surface area contributed by atoms with E-state index >= 15 is 0 Å². The molecule has 172 valence electrons. The zero-order chi connectivity index (χ0) is 23.2. The van der Waals surface area contributed by atoms with Crippen molar-refractivity contribution in [3.63, 3.8) is 0 Å². The van der Waals surface area contributed by atoms with Gasteiger partial charge in [-0.25, -0.2) is 0 Å². The van der Waals surface area contributed by atoms with Crippen LogP contribution in [-0.2, 0) is 11.3 Å². The number of hydrogen-bond acceptors (Lipinski definition) is 4. The molecule has 1 amide bonds. The first-order valence-electron chi connectivity index (χ1n) is 11.7. The van der Waals surface area contributed by atoms with Crippen LogP contribution in [0.4, 0.5) is 0 Å². The monoisotopic (exact) mass is 443 g/mol. The Kier molecular flexibility index (Phi) is 7.40. The first kappa shape index (κ1) is 23.0. The average Bonchev–Trinajstić information content (AvgIpc) is 3.25. The van der Waals surface area contributed by atoms with Gasteiger partial charge in [-0.3, -0.25) is 4.79 Å². The normalized spacial score (nSPS) is 16.1. The molecule has 1 unspecified atom stereocenters. The van der Waals surface area contributed by atoms with Gasteiger partial charge in [-0.1, -0.05) is 54.1 Å². The third-order valence-electron chi connectivity index (χ3n) is 6.67. The lowest BCUT2D eigenvalue weighted by molar-refractivity contribution is -0.134. The van der Waals surface area contributed by atoms with Gasteiger partial charge in [-0.2, -0.15) is 0 Å². The predicted molar refractivity (Wildman–Crippen MR) is 134 cm³/mol. The summed E-state index contributed by atoms with van der Waals surface area (Å²) in [5.41, 5.74) is 3.19. The third kappa shape index (κ3) is 5.60. The van der Waals surface area contributed by atoms with Gasteiger partial charge < -0.3 is 19.9 Å². The molecule has 1 heterocycles. The van der Waals surface area contributed by atoms with Gasteiger partial charge in [0.2, 0.25) is 0 Å². The zero-order valence-corrected chi connectivity index (χ0v) is 19.6. The van der Waals surface area contributed by atoms with Crippen LogP contribution < -0.4 is 4.74 Å². The van der Waals surface area contributed by atoms with Crippen molar-refractivity contribution in [1.29, 1.82) is 5.41 Å². The molecule has 1 saturated heterocycles. The lowest BCUT2D eigenvalue weighted by Gasteiger charge is -2.27. The molecule has 0 saturated carbocycles. The number of carbonyl (C=O) groups excluding carboxylic acids is 1. The van der Waals surface area contributed by atoms with Crippen molar-refractivity contribution in [3.8, 4) is 5.75 Å². The molecular weight excluding hydrogens is 410 g/mol. The van der Waals surface area contributed by atoms with Gasteiger partial charge in [0.25, 0.3) is 5.91 Å². The molecule has 1 aliphatic heterocycles. The van der Waals surface area contributed by atoms with E-state index in [4.69, 9.17) is 10.1 Å². The first-order chi connectivity index (χ1) is 16.0. The Balaban J connectivity index is 1.47. The number of hydrogen-bond donors (Lipinski definition) is 1. The van der Waals surface area contributed by atoms with E-state index in [1.54, 1.807) is 0 Å². The molecule has 3 aromatic carbocycles. The fraction of sp³-hybridized carbons (Fsp3) is 0.357. The maximum atomic E-state index is 13.3. The second-order valence-corrected chi connectivity index (χ2v) is 9.00. The van der Waals surface area contributed by atoms with Crippen LogP contribution in [0.3, 0.4) is 0 Å². The van der Waals surface area contributed by atoms with Crippen molar-refractivity contribution in [1.82, 2.24) is 9.80 Å². The van der Waals surface area contributed by atoms with E-state index in [9.17, 15) is 4.79 Å². The molecule has 1 aliphatic rings. The van der Waals surface area contributed by atoms with Crippen molar-refractivity contribution in [2.45, 2.75) is 38.8 Å². The molecule has 0 spiro atoms. The minimum absolute atomic E-state index is 0.000295. The van der Waals surface area contributed by atoms with Crippen LogP contribution in [0.5, 0.6) is 5.75 Å². The summed E-state index contributed by atoms with van der Waals surface area (Å²) in [6.07, 6.45) is 4.76. The van der Waals surface area contributed by atoms with Crippen molar-refractivity contribution in [2.75, 3.05) is 26.7 Å². The van der Waals surface area contributed by atoms with E-state index in [0.717, 1.165) is 41.4 Å². The van der Waals surface area contributed by atoms with Gasteiger partial charge in [-0.05, 0) is 62.9 Å². The van der Waals surface area contributed by atoms with Gasteiger partial charge in [0.05, 0.1) is 0 Å². The molecule has 4 rings (SSSR count). The minimum atomic E-state index is -0.00330. The summed E-state index contributed by atoms with van der Waals surface area (Å²) in [5, 5.41) is 9.52.